The lowest BCUT2D eigenvalue weighted by atomic mass is 10.2. The Kier molecular flexibility index (Phi) is 6.11. The summed E-state index contributed by atoms with van der Waals surface area (Å²) in [5, 5.41) is 2.95. The second-order valence-corrected chi connectivity index (χ2v) is 6.20. The summed E-state index contributed by atoms with van der Waals surface area (Å²) in [5.74, 6) is 0. The van der Waals surface area contributed by atoms with E-state index >= 15 is 0 Å². The van der Waals surface area contributed by atoms with Gasteiger partial charge in [0.1, 0.15) is 0 Å². The maximum Gasteiger partial charge on any atom is -0.0199 e. The summed E-state index contributed by atoms with van der Waals surface area (Å²) in [5.41, 5.74) is 0. The molecule has 0 aromatic carbocycles. The predicted octanol–water partition coefficient (Wildman–Crippen LogP) is 5.37. The Hall–Kier alpha value is -0.870. The van der Waals surface area contributed by atoms with Crippen molar-refractivity contribution >= 4 is 7.92 Å². The SMILES string of the molecule is C=C/C=C(\C=C/C)P(CC)C1=CCCC=C1. The van der Waals surface area contributed by atoms with E-state index in [2.05, 4.69) is 56.9 Å². The van der Waals surface area contributed by atoms with E-state index in [-0.39, 0.29) is 7.92 Å². The van der Waals surface area contributed by atoms with Crippen molar-refractivity contribution in [3.8, 4) is 0 Å². The molecule has 0 heterocycles. The molecule has 0 bridgehead atoms. The first-order valence-electron chi connectivity index (χ1n) is 5.93. The van der Waals surface area contributed by atoms with E-state index in [1.54, 1.807) is 0 Å². The molecule has 0 aliphatic heterocycles. The highest BCUT2D eigenvalue weighted by Gasteiger charge is 2.13. The van der Waals surface area contributed by atoms with Gasteiger partial charge in [0.05, 0.1) is 0 Å². The van der Waals surface area contributed by atoms with Crippen LogP contribution in [-0.2, 0) is 0 Å². The Bertz CT molecular complexity index is 342. The second kappa shape index (κ2) is 7.41. The molecule has 0 N–H and O–H groups in total. The van der Waals surface area contributed by atoms with Crippen LogP contribution in [0.2, 0.25) is 0 Å². The second-order valence-electron chi connectivity index (χ2n) is 3.68. The van der Waals surface area contributed by atoms with Crippen molar-refractivity contribution in [2.24, 2.45) is 0 Å². The third kappa shape index (κ3) is 3.61. The Morgan fingerprint density at radius 1 is 1.50 bits per heavy atom. The van der Waals surface area contributed by atoms with E-state index in [0.717, 1.165) is 0 Å². The summed E-state index contributed by atoms with van der Waals surface area (Å²) in [6.45, 7) is 8.16. The van der Waals surface area contributed by atoms with Crippen molar-refractivity contribution in [2.75, 3.05) is 6.16 Å². The van der Waals surface area contributed by atoms with Crippen molar-refractivity contribution in [1.29, 1.82) is 0 Å². The van der Waals surface area contributed by atoms with Gasteiger partial charge in [-0.2, -0.15) is 0 Å². The molecule has 1 atom stereocenters. The van der Waals surface area contributed by atoms with E-state index in [4.69, 9.17) is 0 Å². The molecular weight excluding hydrogens is 211 g/mol. The van der Waals surface area contributed by atoms with Gasteiger partial charge in [-0.1, -0.05) is 56.0 Å². The van der Waals surface area contributed by atoms with E-state index in [9.17, 15) is 0 Å². The zero-order valence-corrected chi connectivity index (χ0v) is 11.2. The first-order valence-corrected chi connectivity index (χ1v) is 7.45. The summed E-state index contributed by atoms with van der Waals surface area (Å²) >= 11 is 0. The summed E-state index contributed by atoms with van der Waals surface area (Å²) in [6.07, 6.45) is 19.0. The minimum atomic E-state index is -0.174. The van der Waals surface area contributed by atoms with Gasteiger partial charge < -0.3 is 0 Å². The molecule has 0 radical (unpaired) electrons. The standard InChI is InChI=1S/C15H21P/c1-4-10-14(11-5-2)16(6-3)15-12-8-7-9-13-15/h4-5,8,10-13H,1,6-7,9H2,2-3H3/b11-5-,14-10+. The quantitative estimate of drug-likeness (QED) is 0.441. The average Bonchev–Trinajstić information content (AvgIpc) is 2.32. The molecule has 0 aromatic rings. The Balaban J connectivity index is 2.94. The third-order valence-corrected chi connectivity index (χ3v) is 5.05. The van der Waals surface area contributed by atoms with Crippen LogP contribution in [0.5, 0.6) is 0 Å². The molecule has 16 heavy (non-hydrogen) atoms. The van der Waals surface area contributed by atoms with Gasteiger partial charge in [0, 0.05) is 0 Å². The topological polar surface area (TPSA) is 0 Å². The highest BCUT2D eigenvalue weighted by Crippen LogP contribution is 2.54. The zero-order valence-electron chi connectivity index (χ0n) is 10.3. The summed E-state index contributed by atoms with van der Waals surface area (Å²) in [6, 6.07) is 0. The van der Waals surface area contributed by atoms with Gasteiger partial charge in [-0.25, -0.2) is 0 Å². The first kappa shape index (κ1) is 13.2. The fourth-order valence-corrected chi connectivity index (χ4v) is 4.12. The van der Waals surface area contributed by atoms with Crippen LogP contribution in [0, 0.1) is 0 Å². The number of hydrogen-bond acceptors (Lipinski definition) is 0. The molecule has 0 nitrogen and oxygen atoms in total. The van der Waals surface area contributed by atoms with Gasteiger partial charge in [-0.3, -0.25) is 0 Å². The van der Waals surface area contributed by atoms with Crippen molar-refractivity contribution < 1.29 is 0 Å². The molecule has 1 aliphatic rings. The van der Waals surface area contributed by atoms with Gasteiger partial charge >= 0.3 is 0 Å². The highest BCUT2D eigenvalue weighted by atomic mass is 31.1. The molecule has 0 saturated carbocycles. The molecule has 1 unspecified atom stereocenters. The smallest absolute Gasteiger partial charge is 0.0199 e. The summed E-state index contributed by atoms with van der Waals surface area (Å²) in [4.78, 5) is 0. The van der Waals surface area contributed by atoms with Crippen molar-refractivity contribution in [3.05, 3.63) is 59.7 Å². The van der Waals surface area contributed by atoms with E-state index < -0.39 is 0 Å². The fourth-order valence-electron chi connectivity index (χ4n) is 1.84. The Labute approximate surface area is 101 Å². The van der Waals surface area contributed by atoms with Crippen LogP contribution in [-0.4, -0.2) is 6.16 Å². The van der Waals surface area contributed by atoms with E-state index in [0.29, 0.717) is 0 Å². The molecule has 0 fully saturated rings. The maximum absolute atomic E-state index is 3.81. The maximum atomic E-state index is 3.81. The monoisotopic (exact) mass is 232 g/mol. The van der Waals surface area contributed by atoms with Crippen LogP contribution in [0.25, 0.3) is 0 Å². The normalized spacial score (nSPS) is 18.6. The van der Waals surface area contributed by atoms with Gasteiger partial charge in [0.2, 0.25) is 0 Å². The summed E-state index contributed by atoms with van der Waals surface area (Å²) in [7, 11) is -0.174. The van der Waals surface area contributed by atoms with Gasteiger partial charge in [0.25, 0.3) is 0 Å². The van der Waals surface area contributed by atoms with Crippen molar-refractivity contribution in [2.45, 2.75) is 26.7 Å². The molecule has 0 spiro atoms. The minimum Gasteiger partial charge on any atom is -0.0990 e. The predicted molar refractivity (Wildman–Crippen MR) is 77.0 cm³/mol. The van der Waals surface area contributed by atoms with Crippen LogP contribution >= 0.6 is 7.92 Å². The third-order valence-electron chi connectivity index (χ3n) is 2.54. The van der Waals surface area contributed by atoms with Crippen molar-refractivity contribution in [3.63, 3.8) is 0 Å². The number of allylic oxidation sites excluding steroid dienone is 9. The lowest BCUT2D eigenvalue weighted by molar-refractivity contribution is 1.03. The molecule has 0 amide bonds. The van der Waals surface area contributed by atoms with Crippen LogP contribution in [0.1, 0.15) is 26.7 Å². The zero-order chi connectivity index (χ0) is 11.8. The lowest BCUT2D eigenvalue weighted by Crippen LogP contribution is -1.89. The number of hydrogen-bond donors (Lipinski definition) is 0. The number of rotatable bonds is 5. The van der Waals surface area contributed by atoms with Crippen molar-refractivity contribution in [1.82, 2.24) is 0 Å². The fraction of sp³-hybridized carbons (Fsp3) is 0.333. The van der Waals surface area contributed by atoms with Crippen LogP contribution in [0.15, 0.2) is 59.7 Å². The lowest BCUT2D eigenvalue weighted by Gasteiger charge is -2.20. The molecule has 1 aliphatic carbocycles. The average molecular weight is 232 g/mol. The van der Waals surface area contributed by atoms with Crippen LogP contribution < -0.4 is 0 Å². The van der Waals surface area contributed by atoms with Crippen LogP contribution in [0.3, 0.4) is 0 Å². The molecule has 86 valence electrons. The molecular formula is C15H21P. The molecule has 0 aromatic heterocycles. The van der Waals surface area contributed by atoms with E-state index in [1.807, 2.05) is 6.08 Å². The first-order chi connectivity index (χ1) is 7.83. The highest BCUT2D eigenvalue weighted by molar-refractivity contribution is 7.66. The van der Waals surface area contributed by atoms with Crippen LogP contribution in [0.4, 0.5) is 0 Å². The Morgan fingerprint density at radius 3 is 2.81 bits per heavy atom. The van der Waals surface area contributed by atoms with E-state index in [1.165, 1.54) is 29.6 Å². The van der Waals surface area contributed by atoms with Gasteiger partial charge in [-0.15, -0.1) is 0 Å². The van der Waals surface area contributed by atoms with Gasteiger partial charge in [0.15, 0.2) is 0 Å². The molecule has 1 rings (SSSR count). The molecule has 1 heteroatoms. The summed E-state index contributed by atoms with van der Waals surface area (Å²) < 4.78 is 0. The van der Waals surface area contributed by atoms with Gasteiger partial charge in [-0.05, 0) is 44.5 Å². The minimum absolute atomic E-state index is 0.174. The molecule has 0 saturated heterocycles. The Morgan fingerprint density at radius 2 is 2.31 bits per heavy atom. The largest absolute Gasteiger partial charge is 0.0990 e.